The van der Waals surface area contributed by atoms with Crippen LogP contribution in [0.2, 0.25) is 0 Å². The molecule has 3 rings (SSSR count). The quantitative estimate of drug-likeness (QED) is 0.648. The van der Waals surface area contributed by atoms with Crippen molar-refractivity contribution in [2.45, 2.75) is 11.3 Å². The van der Waals surface area contributed by atoms with Crippen molar-refractivity contribution in [3.05, 3.63) is 42.5 Å². The third-order valence-corrected chi connectivity index (χ3v) is 4.72. The van der Waals surface area contributed by atoms with E-state index in [4.69, 9.17) is 4.74 Å². The molecule has 106 valence electrons. The lowest BCUT2D eigenvalue weighted by molar-refractivity contribution is 0.185. The van der Waals surface area contributed by atoms with Crippen molar-refractivity contribution in [1.82, 2.24) is 5.32 Å². The summed E-state index contributed by atoms with van der Waals surface area (Å²) in [5, 5.41) is 6.18. The van der Waals surface area contributed by atoms with Crippen LogP contribution < -0.4 is 5.32 Å². The minimum atomic E-state index is 0.723. The molecule has 2 aromatic carbocycles. The third-order valence-electron chi connectivity index (χ3n) is 3.73. The maximum Gasteiger partial charge on any atom is 0.0507 e. The van der Waals surface area contributed by atoms with Crippen LogP contribution in [0, 0.1) is 5.92 Å². The summed E-state index contributed by atoms with van der Waals surface area (Å²) in [5.74, 6) is 1.84. The predicted molar refractivity (Wildman–Crippen MR) is 86.5 cm³/mol. The predicted octanol–water partition coefficient (Wildman–Crippen LogP) is 3.56. The van der Waals surface area contributed by atoms with Gasteiger partial charge in [-0.15, -0.1) is 11.8 Å². The summed E-state index contributed by atoms with van der Waals surface area (Å²) in [5.41, 5.74) is 0. The van der Waals surface area contributed by atoms with Crippen molar-refractivity contribution in [3.8, 4) is 0 Å². The number of benzene rings is 2. The second-order valence-electron chi connectivity index (χ2n) is 5.29. The topological polar surface area (TPSA) is 21.3 Å². The second kappa shape index (κ2) is 7.11. The number of fused-ring (bicyclic) bond motifs is 1. The SMILES string of the molecule is c1ccc2cc(SCCNCC3CCOC3)ccc2c1. The molecule has 1 unspecified atom stereocenters. The minimum absolute atomic E-state index is 0.723. The molecule has 1 fully saturated rings. The lowest BCUT2D eigenvalue weighted by Gasteiger charge is -2.09. The van der Waals surface area contributed by atoms with E-state index in [1.807, 2.05) is 11.8 Å². The summed E-state index contributed by atoms with van der Waals surface area (Å²) < 4.78 is 5.38. The molecule has 1 aliphatic heterocycles. The molecule has 0 bridgehead atoms. The standard InChI is InChI=1S/C17H21NOS/c1-2-4-16-11-17(6-5-15(16)3-1)20-10-8-18-12-14-7-9-19-13-14/h1-6,11,14,18H,7-10,12-13H2. The maximum atomic E-state index is 5.38. The van der Waals surface area contributed by atoms with Gasteiger partial charge in [-0.1, -0.05) is 30.3 Å². The molecule has 2 aromatic rings. The Hall–Kier alpha value is -1.03. The van der Waals surface area contributed by atoms with Crippen LogP contribution in [0.4, 0.5) is 0 Å². The highest BCUT2D eigenvalue weighted by atomic mass is 32.2. The Kier molecular flexibility index (Phi) is 4.96. The second-order valence-corrected chi connectivity index (χ2v) is 6.46. The van der Waals surface area contributed by atoms with Gasteiger partial charge >= 0.3 is 0 Å². The van der Waals surface area contributed by atoms with E-state index in [0.29, 0.717) is 0 Å². The van der Waals surface area contributed by atoms with Crippen molar-refractivity contribution in [2.75, 3.05) is 32.1 Å². The third kappa shape index (κ3) is 3.75. The highest BCUT2D eigenvalue weighted by Gasteiger charge is 2.14. The number of nitrogens with one attached hydrogen (secondary N) is 1. The van der Waals surface area contributed by atoms with Crippen LogP contribution in [0.5, 0.6) is 0 Å². The van der Waals surface area contributed by atoms with Gasteiger partial charge in [-0.25, -0.2) is 0 Å². The number of ether oxygens (including phenoxy) is 1. The molecule has 0 aliphatic carbocycles. The molecule has 1 aliphatic rings. The van der Waals surface area contributed by atoms with Crippen LogP contribution in [0.15, 0.2) is 47.4 Å². The Morgan fingerprint density at radius 3 is 2.90 bits per heavy atom. The van der Waals surface area contributed by atoms with Crippen molar-refractivity contribution >= 4 is 22.5 Å². The first kappa shape index (κ1) is 13.9. The van der Waals surface area contributed by atoms with Gasteiger partial charge in [0.2, 0.25) is 0 Å². The summed E-state index contributed by atoms with van der Waals surface area (Å²) in [6, 6.07) is 15.2. The van der Waals surface area contributed by atoms with E-state index in [0.717, 1.165) is 38.0 Å². The van der Waals surface area contributed by atoms with Crippen LogP contribution in [-0.4, -0.2) is 32.1 Å². The summed E-state index contributed by atoms with van der Waals surface area (Å²) in [6.07, 6.45) is 1.21. The van der Waals surface area contributed by atoms with Gasteiger partial charge in [-0.05, 0) is 35.2 Å². The fraction of sp³-hybridized carbons (Fsp3) is 0.412. The Morgan fingerprint density at radius 1 is 1.15 bits per heavy atom. The fourth-order valence-electron chi connectivity index (χ4n) is 2.55. The molecule has 0 aromatic heterocycles. The van der Waals surface area contributed by atoms with Gasteiger partial charge in [-0.3, -0.25) is 0 Å². The molecule has 0 radical (unpaired) electrons. The van der Waals surface area contributed by atoms with E-state index < -0.39 is 0 Å². The Morgan fingerprint density at radius 2 is 2.05 bits per heavy atom. The van der Waals surface area contributed by atoms with Crippen molar-refractivity contribution in [3.63, 3.8) is 0 Å². The molecule has 1 N–H and O–H groups in total. The molecule has 0 spiro atoms. The largest absolute Gasteiger partial charge is 0.381 e. The van der Waals surface area contributed by atoms with E-state index >= 15 is 0 Å². The minimum Gasteiger partial charge on any atom is -0.381 e. The van der Waals surface area contributed by atoms with Crippen molar-refractivity contribution in [1.29, 1.82) is 0 Å². The zero-order chi connectivity index (χ0) is 13.6. The van der Waals surface area contributed by atoms with Crippen LogP contribution in [0.1, 0.15) is 6.42 Å². The molecule has 0 amide bonds. The highest BCUT2D eigenvalue weighted by molar-refractivity contribution is 7.99. The summed E-state index contributed by atoms with van der Waals surface area (Å²) >= 11 is 1.92. The van der Waals surface area contributed by atoms with Crippen LogP contribution in [0.3, 0.4) is 0 Å². The first-order chi connectivity index (χ1) is 9.92. The average molecular weight is 287 g/mol. The van der Waals surface area contributed by atoms with E-state index in [1.165, 1.54) is 22.1 Å². The number of hydrogen-bond acceptors (Lipinski definition) is 3. The Bertz CT molecular complexity index is 551. The smallest absolute Gasteiger partial charge is 0.0507 e. The number of hydrogen-bond donors (Lipinski definition) is 1. The van der Waals surface area contributed by atoms with Gasteiger partial charge in [0.05, 0.1) is 6.61 Å². The van der Waals surface area contributed by atoms with Gasteiger partial charge < -0.3 is 10.1 Å². The molecular formula is C17H21NOS. The lowest BCUT2D eigenvalue weighted by atomic mass is 10.1. The van der Waals surface area contributed by atoms with Crippen molar-refractivity contribution in [2.24, 2.45) is 5.92 Å². The van der Waals surface area contributed by atoms with Gasteiger partial charge in [0, 0.05) is 30.3 Å². The van der Waals surface area contributed by atoms with E-state index in [1.54, 1.807) is 0 Å². The lowest BCUT2D eigenvalue weighted by Crippen LogP contribution is -2.25. The van der Waals surface area contributed by atoms with Gasteiger partial charge in [0.1, 0.15) is 0 Å². The fourth-order valence-corrected chi connectivity index (χ4v) is 3.41. The average Bonchev–Trinajstić information content (AvgIpc) is 3.00. The Balaban J connectivity index is 1.42. The normalized spacial score (nSPS) is 18.7. The van der Waals surface area contributed by atoms with Crippen LogP contribution in [-0.2, 0) is 4.74 Å². The molecule has 1 heterocycles. The van der Waals surface area contributed by atoms with Gasteiger partial charge in [0.15, 0.2) is 0 Å². The molecule has 20 heavy (non-hydrogen) atoms. The first-order valence-electron chi connectivity index (χ1n) is 7.32. The van der Waals surface area contributed by atoms with E-state index in [2.05, 4.69) is 47.8 Å². The zero-order valence-electron chi connectivity index (χ0n) is 11.7. The molecule has 0 saturated carbocycles. The molecule has 1 atom stereocenters. The monoisotopic (exact) mass is 287 g/mol. The summed E-state index contributed by atoms with van der Waals surface area (Å²) in [7, 11) is 0. The van der Waals surface area contributed by atoms with Crippen LogP contribution in [0.25, 0.3) is 10.8 Å². The van der Waals surface area contributed by atoms with E-state index in [-0.39, 0.29) is 0 Å². The number of rotatable bonds is 6. The maximum absolute atomic E-state index is 5.38. The van der Waals surface area contributed by atoms with Gasteiger partial charge in [-0.2, -0.15) is 0 Å². The first-order valence-corrected chi connectivity index (χ1v) is 8.30. The van der Waals surface area contributed by atoms with Crippen molar-refractivity contribution < 1.29 is 4.74 Å². The van der Waals surface area contributed by atoms with Gasteiger partial charge in [0.25, 0.3) is 0 Å². The summed E-state index contributed by atoms with van der Waals surface area (Å²) in [4.78, 5) is 1.36. The van der Waals surface area contributed by atoms with E-state index in [9.17, 15) is 0 Å². The highest BCUT2D eigenvalue weighted by Crippen LogP contribution is 2.23. The zero-order valence-corrected chi connectivity index (χ0v) is 12.5. The molecular weight excluding hydrogens is 266 g/mol. The number of thioether (sulfide) groups is 1. The van der Waals surface area contributed by atoms with Crippen LogP contribution >= 0.6 is 11.8 Å². The molecule has 1 saturated heterocycles. The molecule has 2 nitrogen and oxygen atoms in total. The summed E-state index contributed by atoms with van der Waals surface area (Å²) in [6.45, 7) is 4.04. The Labute approximate surface area is 124 Å². The molecule has 3 heteroatoms.